The molecule has 0 aliphatic carbocycles. The number of primary amides is 1. The Hall–Kier alpha value is -1.86. The van der Waals surface area contributed by atoms with Crippen LogP contribution in [0.15, 0.2) is 57.9 Å². The summed E-state index contributed by atoms with van der Waals surface area (Å²) in [4.78, 5) is 11.9. The van der Waals surface area contributed by atoms with Gasteiger partial charge in [-0.3, -0.25) is 9.10 Å². The highest BCUT2D eigenvalue weighted by Crippen LogP contribution is 2.38. The Balaban J connectivity index is 2.20. The van der Waals surface area contributed by atoms with Crippen molar-refractivity contribution in [1.29, 1.82) is 0 Å². The number of carbonyl (C=O) groups excluding carboxylic acids is 1. The van der Waals surface area contributed by atoms with Gasteiger partial charge >= 0.3 is 0 Å². The minimum absolute atomic E-state index is 0.109. The van der Waals surface area contributed by atoms with Crippen LogP contribution in [0.5, 0.6) is 0 Å². The summed E-state index contributed by atoms with van der Waals surface area (Å²) >= 11 is 3.25. The summed E-state index contributed by atoms with van der Waals surface area (Å²) in [7, 11) is -3.89. The van der Waals surface area contributed by atoms with E-state index in [1.165, 1.54) is 6.07 Å². The molecule has 0 bridgehead atoms. The topological polar surface area (TPSA) is 80.5 Å². The number of fused-ring (bicyclic) bond motifs is 1. The van der Waals surface area contributed by atoms with Crippen LogP contribution < -0.4 is 10.0 Å². The number of anilines is 1. The number of nitrogens with zero attached hydrogens (tertiary/aromatic N) is 1. The molecule has 1 heterocycles. The Morgan fingerprint density at radius 3 is 2.45 bits per heavy atom. The van der Waals surface area contributed by atoms with E-state index in [4.69, 9.17) is 5.73 Å². The molecule has 1 amide bonds. The SMILES string of the molecule is NC(=O)[C@@H]1Cc2ccccc2N1S(=O)(=O)c1ccccc1Br. The first-order valence-corrected chi connectivity index (χ1v) is 8.82. The van der Waals surface area contributed by atoms with Gasteiger partial charge in [0, 0.05) is 10.9 Å². The Labute approximate surface area is 136 Å². The molecule has 0 radical (unpaired) electrons. The quantitative estimate of drug-likeness (QED) is 0.884. The van der Waals surface area contributed by atoms with Gasteiger partial charge in [0.2, 0.25) is 5.91 Å². The summed E-state index contributed by atoms with van der Waals surface area (Å²) in [6, 6.07) is 12.6. The van der Waals surface area contributed by atoms with Gasteiger partial charge in [0.25, 0.3) is 10.0 Å². The van der Waals surface area contributed by atoms with E-state index in [0.29, 0.717) is 10.2 Å². The average molecular weight is 381 g/mol. The molecule has 114 valence electrons. The van der Waals surface area contributed by atoms with Gasteiger partial charge in [-0.15, -0.1) is 0 Å². The molecule has 0 fully saturated rings. The fourth-order valence-corrected chi connectivity index (χ4v) is 5.26. The molecule has 2 N–H and O–H groups in total. The zero-order valence-electron chi connectivity index (χ0n) is 11.4. The number of rotatable bonds is 3. The first-order valence-electron chi connectivity index (χ1n) is 6.59. The first-order chi connectivity index (χ1) is 10.4. The van der Waals surface area contributed by atoms with E-state index in [1.54, 1.807) is 36.4 Å². The van der Waals surface area contributed by atoms with Gasteiger partial charge in [0.05, 0.1) is 5.69 Å². The van der Waals surface area contributed by atoms with E-state index in [9.17, 15) is 13.2 Å². The van der Waals surface area contributed by atoms with Crippen LogP contribution in [-0.2, 0) is 21.2 Å². The smallest absolute Gasteiger partial charge is 0.266 e. The normalized spacial score (nSPS) is 17.3. The highest BCUT2D eigenvalue weighted by Gasteiger charge is 2.41. The van der Waals surface area contributed by atoms with E-state index in [2.05, 4.69) is 15.9 Å². The molecule has 1 aliphatic rings. The highest BCUT2D eigenvalue weighted by molar-refractivity contribution is 9.10. The number of hydrogen-bond donors (Lipinski definition) is 1. The zero-order valence-corrected chi connectivity index (χ0v) is 13.8. The number of halogens is 1. The number of carbonyl (C=O) groups is 1. The van der Waals surface area contributed by atoms with Crippen molar-refractivity contribution in [2.75, 3.05) is 4.31 Å². The number of para-hydroxylation sites is 1. The molecular weight excluding hydrogens is 368 g/mol. The molecule has 0 saturated heterocycles. The third-order valence-electron chi connectivity index (χ3n) is 3.63. The van der Waals surface area contributed by atoms with Crippen molar-refractivity contribution in [3.63, 3.8) is 0 Å². The molecular formula is C15H13BrN2O3S. The van der Waals surface area contributed by atoms with Crippen molar-refractivity contribution in [3.05, 3.63) is 58.6 Å². The van der Waals surface area contributed by atoms with Crippen molar-refractivity contribution in [3.8, 4) is 0 Å². The number of hydrogen-bond acceptors (Lipinski definition) is 3. The zero-order chi connectivity index (χ0) is 15.9. The summed E-state index contributed by atoms with van der Waals surface area (Å²) in [5.41, 5.74) is 6.72. The van der Waals surface area contributed by atoms with Crippen molar-refractivity contribution in [2.45, 2.75) is 17.4 Å². The number of sulfonamides is 1. The summed E-state index contributed by atoms with van der Waals surface area (Å²) in [6.45, 7) is 0. The predicted molar refractivity (Wildman–Crippen MR) is 86.9 cm³/mol. The minimum atomic E-state index is -3.89. The molecule has 1 aliphatic heterocycles. The lowest BCUT2D eigenvalue weighted by molar-refractivity contribution is -0.118. The van der Waals surface area contributed by atoms with Gasteiger partial charge in [0.1, 0.15) is 10.9 Å². The van der Waals surface area contributed by atoms with Crippen molar-refractivity contribution in [2.24, 2.45) is 5.73 Å². The average Bonchev–Trinajstić information content (AvgIpc) is 2.88. The maximum atomic E-state index is 13.0. The van der Waals surface area contributed by atoms with Crippen LogP contribution >= 0.6 is 15.9 Å². The number of nitrogens with two attached hydrogens (primary N) is 1. The molecule has 1 atom stereocenters. The molecule has 0 saturated carbocycles. The van der Waals surface area contributed by atoms with Gasteiger partial charge in [-0.1, -0.05) is 30.3 Å². The maximum absolute atomic E-state index is 13.0. The molecule has 7 heteroatoms. The van der Waals surface area contributed by atoms with E-state index < -0.39 is 22.0 Å². The van der Waals surface area contributed by atoms with Crippen molar-refractivity contribution < 1.29 is 13.2 Å². The van der Waals surface area contributed by atoms with Crippen LogP contribution in [0.2, 0.25) is 0 Å². The largest absolute Gasteiger partial charge is 0.368 e. The monoisotopic (exact) mass is 380 g/mol. The van der Waals surface area contributed by atoms with Crippen LogP contribution in [0.25, 0.3) is 0 Å². The first kappa shape index (κ1) is 15.1. The highest BCUT2D eigenvalue weighted by atomic mass is 79.9. The van der Waals surface area contributed by atoms with Crippen LogP contribution in [-0.4, -0.2) is 20.4 Å². The summed E-state index contributed by atoms with van der Waals surface area (Å²) < 4.78 is 27.6. The van der Waals surface area contributed by atoms with Crippen LogP contribution in [0.3, 0.4) is 0 Å². The predicted octanol–water partition coefficient (Wildman–Crippen LogP) is 2.05. The second-order valence-corrected chi connectivity index (χ2v) is 7.62. The second kappa shape index (κ2) is 5.40. The molecule has 2 aromatic carbocycles. The Bertz CT molecular complexity index is 851. The van der Waals surface area contributed by atoms with E-state index in [-0.39, 0.29) is 11.3 Å². The molecule has 0 spiro atoms. The van der Waals surface area contributed by atoms with Crippen molar-refractivity contribution >= 4 is 37.5 Å². The van der Waals surface area contributed by atoms with Gasteiger partial charge in [-0.25, -0.2) is 8.42 Å². The second-order valence-electron chi connectivity index (χ2n) is 4.98. The third-order valence-corrected chi connectivity index (χ3v) is 6.46. The minimum Gasteiger partial charge on any atom is -0.368 e. The molecule has 3 rings (SSSR count). The van der Waals surface area contributed by atoms with E-state index >= 15 is 0 Å². The maximum Gasteiger partial charge on any atom is 0.266 e. The summed E-state index contributed by atoms with van der Waals surface area (Å²) in [5, 5.41) is 0. The van der Waals surface area contributed by atoms with E-state index in [1.807, 2.05) is 6.07 Å². The Morgan fingerprint density at radius 1 is 1.14 bits per heavy atom. The lowest BCUT2D eigenvalue weighted by Crippen LogP contribution is -2.46. The fraction of sp³-hybridized carbons (Fsp3) is 0.133. The van der Waals surface area contributed by atoms with Crippen LogP contribution in [0, 0.1) is 0 Å². The lowest BCUT2D eigenvalue weighted by atomic mass is 10.1. The summed E-state index contributed by atoms with van der Waals surface area (Å²) in [6.07, 6.45) is 0.287. The fourth-order valence-electron chi connectivity index (χ4n) is 2.63. The lowest BCUT2D eigenvalue weighted by Gasteiger charge is -2.25. The molecule has 5 nitrogen and oxygen atoms in total. The summed E-state index contributed by atoms with van der Waals surface area (Å²) in [5.74, 6) is -0.660. The standard InChI is InChI=1S/C15H13BrN2O3S/c16-11-6-2-4-8-14(11)22(20,21)18-12-7-3-1-5-10(12)9-13(18)15(17)19/h1-8,13H,9H2,(H2,17,19)/t13-/m0/s1. The van der Waals surface area contributed by atoms with Gasteiger partial charge in [0.15, 0.2) is 0 Å². The van der Waals surface area contributed by atoms with Crippen molar-refractivity contribution in [1.82, 2.24) is 0 Å². The third kappa shape index (κ3) is 2.30. The van der Waals surface area contributed by atoms with Crippen LogP contribution in [0.4, 0.5) is 5.69 Å². The van der Waals surface area contributed by atoms with E-state index in [0.717, 1.165) is 9.87 Å². The molecule has 0 aromatic heterocycles. The number of amides is 1. The number of benzene rings is 2. The van der Waals surface area contributed by atoms with Gasteiger partial charge < -0.3 is 5.73 Å². The molecule has 22 heavy (non-hydrogen) atoms. The Morgan fingerprint density at radius 2 is 1.77 bits per heavy atom. The molecule has 2 aromatic rings. The van der Waals surface area contributed by atoms with Crippen LogP contribution in [0.1, 0.15) is 5.56 Å². The van der Waals surface area contributed by atoms with Gasteiger partial charge in [-0.05, 0) is 39.7 Å². The molecule has 0 unspecified atom stereocenters. The Kier molecular flexibility index (Phi) is 3.70. The van der Waals surface area contributed by atoms with Gasteiger partial charge in [-0.2, -0.15) is 0 Å².